The zero-order valence-corrected chi connectivity index (χ0v) is 12.5. The number of rotatable bonds is 9. The maximum absolute atomic E-state index is 11.0. The van der Waals surface area contributed by atoms with Gasteiger partial charge in [-0.3, -0.25) is 10.1 Å². The Morgan fingerprint density at radius 3 is 2.48 bits per heavy atom. The van der Waals surface area contributed by atoms with E-state index in [0.717, 1.165) is 0 Å². The van der Waals surface area contributed by atoms with Crippen LogP contribution in [0.1, 0.15) is 32.3 Å². The summed E-state index contributed by atoms with van der Waals surface area (Å²) in [5, 5.41) is 30.5. The molecule has 1 aromatic carbocycles. The van der Waals surface area contributed by atoms with Gasteiger partial charge < -0.3 is 14.9 Å². The minimum atomic E-state index is -0.921. The molecule has 1 rings (SSSR count). The Hall–Kier alpha value is -1.50. The van der Waals surface area contributed by atoms with Crippen LogP contribution in [-0.2, 0) is 11.2 Å². The summed E-state index contributed by atoms with van der Waals surface area (Å²) >= 11 is 0. The minimum absolute atomic E-state index is 0.0146. The van der Waals surface area contributed by atoms with Crippen LogP contribution in [0.3, 0.4) is 0 Å². The van der Waals surface area contributed by atoms with Gasteiger partial charge in [-0.25, -0.2) is 0 Å². The number of hydrogen-bond acceptors (Lipinski definition) is 5. The Labute approximate surface area is 124 Å². The Bertz CT molecular complexity index is 459. The summed E-state index contributed by atoms with van der Waals surface area (Å²) < 4.78 is 5.55. The average molecular weight is 297 g/mol. The van der Waals surface area contributed by atoms with E-state index < -0.39 is 16.6 Å². The molecule has 0 amide bonds. The highest BCUT2D eigenvalue weighted by Crippen LogP contribution is 2.21. The first kappa shape index (κ1) is 17.6. The number of ether oxygens (including phenoxy) is 1. The molecule has 0 bridgehead atoms. The standard InChI is InChI=1S/C15H23NO5/c1-3-15(18,4-2)11-21-13(10-17)9-12-7-5-6-8-14(12)16(19)20/h5-8,13,17-18H,3-4,9-11H2,1-2H3. The van der Waals surface area contributed by atoms with E-state index in [1.807, 2.05) is 13.8 Å². The van der Waals surface area contributed by atoms with E-state index in [1.165, 1.54) is 6.07 Å². The quantitative estimate of drug-likeness (QED) is 0.537. The van der Waals surface area contributed by atoms with E-state index in [2.05, 4.69) is 0 Å². The second kappa shape index (κ2) is 8.07. The summed E-state index contributed by atoms with van der Waals surface area (Å²) in [7, 11) is 0. The van der Waals surface area contributed by atoms with E-state index in [1.54, 1.807) is 18.2 Å². The molecule has 21 heavy (non-hydrogen) atoms. The lowest BCUT2D eigenvalue weighted by molar-refractivity contribution is -0.385. The van der Waals surface area contributed by atoms with Gasteiger partial charge >= 0.3 is 0 Å². The number of aliphatic hydroxyl groups excluding tert-OH is 1. The molecule has 0 heterocycles. The number of benzene rings is 1. The summed E-state index contributed by atoms with van der Waals surface area (Å²) in [4.78, 5) is 10.5. The molecule has 0 aliphatic rings. The van der Waals surface area contributed by atoms with Crippen LogP contribution < -0.4 is 0 Å². The van der Waals surface area contributed by atoms with Crippen LogP contribution in [0.25, 0.3) is 0 Å². The topological polar surface area (TPSA) is 92.8 Å². The van der Waals surface area contributed by atoms with Crippen LogP contribution in [-0.4, -0.2) is 40.1 Å². The fraction of sp³-hybridized carbons (Fsp3) is 0.600. The zero-order chi connectivity index (χ0) is 15.9. The Balaban J connectivity index is 2.73. The predicted molar refractivity (Wildman–Crippen MR) is 79.2 cm³/mol. The molecule has 0 saturated carbocycles. The predicted octanol–water partition coefficient (Wildman–Crippen LogP) is 2.07. The van der Waals surface area contributed by atoms with Crippen LogP contribution in [0.5, 0.6) is 0 Å². The van der Waals surface area contributed by atoms with Gasteiger partial charge in [0.25, 0.3) is 5.69 Å². The minimum Gasteiger partial charge on any atom is -0.394 e. The molecule has 0 aromatic heterocycles. The molecule has 0 fully saturated rings. The lowest BCUT2D eigenvalue weighted by Crippen LogP contribution is -2.36. The molecule has 0 aliphatic heterocycles. The molecule has 6 nitrogen and oxygen atoms in total. The maximum Gasteiger partial charge on any atom is 0.272 e. The Morgan fingerprint density at radius 1 is 1.33 bits per heavy atom. The summed E-state index contributed by atoms with van der Waals surface area (Å²) in [6, 6.07) is 6.39. The molecule has 0 radical (unpaired) electrons. The van der Waals surface area contributed by atoms with Gasteiger partial charge in [0.1, 0.15) is 0 Å². The molecule has 0 saturated heterocycles. The Morgan fingerprint density at radius 2 is 1.95 bits per heavy atom. The van der Waals surface area contributed by atoms with Crippen molar-refractivity contribution in [2.75, 3.05) is 13.2 Å². The lowest BCUT2D eigenvalue weighted by Gasteiger charge is -2.27. The highest BCUT2D eigenvalue weighted by atomic mass is 16.6. The first-order chi connectivity index (χ1) is 9.95. The van der Waals surface area contributed by atoms with E-state index in [9.17, 15) is 20.3 Å². The number of para-hydroxylation sites is 1. The third-order valence-corrected chi connectivity index (χ3v) is 3.74. The number of nitro groups is 1. The molecular weight excluding hydrogens is 274 g/mol. The molecule has 118 valence electrons. The number of aliphatic hydroxyl groups is 2. The smallest absolute Gasteiger partial charge is 0.272 e. The van der Waals surface area contributed by atoms with E-state index in [0.29, 0.717) is 18.4 Å². The van der Waals surface area contributed by atoms with Crippen molar-refractivity contribution in [1.29, 1.82) is 0 Å². The van der Waals surface area contributed by atoms with Gasteiger partial charge in [0.05, 0.1) is 29.8 Å². The second-order valence-electron chi connectivity index (χ2n) is 5.14. The van der Waals surface area contributed by atoms with Crippen molar-refractivity contribution < 1.29 is 19.9 Å². The van der Waals surface area contributed by atoms with E-state index in [4.69, 9.17) is 4.74 Å². The van der Waals surface area contributed by atoms with Crippen molar-refractivity contribution in [3.63, 3.8) is 0 Å². The largest absolute Gasteiger partial charge is 0.394 e. The van der Waals surface area contributed by atoms with Gasteiger partial charge in [0.15, 0.2) is 0 Å². The molecule has 6 heteroatoms. The van der Waals surface area contributed by atoms with Crippen molar-refractivity contribution in [2.45, 2.75) is 44.8 Å². The highest BCUT2D eigenvalue weighted by Gasteiger charge is 2.25. The fourth-order valence-electron chi connectivity index (χ4n) is 2.01. The van der Waals surface area contributed by atoms with E-state index >= 15 is 0 Å². The number of nitro benzene ring substituents is 1. The normalized spacial score (nSPS) is 13.1. The van der Waals surface area contributed by atoms with Crippen molar-refractivity contribution in [3.8, 4) is 0 Å². The van der Waals surface area contributed by atoms with Crippen molar-refractivity contribution in [3.05, 3.63) is 39.9 Å². The maximum atomic E-state index is 11.0. The number of nitrogens with zero attached hydrogens (tertiary/aromatic N) is 1. The molecule has 2 N–H and O–H groups in total. The molecule has 0 spiro atoms. The van der Waals surface area contributed by atoms with Crippen LogP contribution in [0.15, 0.2) is 24.3 Å². The van der Waals surface area contributed by atoms with Gasteiger partial charge in [-0.05, 0) is 12.8 Å². The molecule has 0 aliphatic carbocycles. The van der Waals surface area contributed by atoms with Crippen LogP contribution in [0, 0.1) is 10.1 Å². The summed E-state index contributed by atoms with van der Waals surface area (Å²) in [5.74, 6) is 0. The summed E-state index contributed by atoms with van der Waals surface area (Å²) in [5.41, 5.74) is -0.394. The van der Waals surface area contributed by atoms with Gasteiger partial charge in [0, 0.05) is 18.1 Å². The van der Waals surface area contributed by atoms with Gasteiger partial charge in [-0.2, -0.15) is 0 Å². The van der Waals surface area contributed by atoms with Gasteiger partial charge in [0.2, 0.25) is 0 Å². The SMILES string of the molecule is CCC(O)(CC)COC(CO)Cc1ccccc1[N+](=O)[O-]. The summed E-state index contributed by atoms with van der Waals surface area (Å²) in [6.45, 7) is 3.58. The first-order valence-electron chi connectivity index (χ1n) is 7.13. The van der Waals surface area contributed by atoms with Gasteiger partial charge in [-0.1, -0.05) is 32.0 Å². The van der Waals surface area contributed by atoms with Crippen LogP contribution >= 0.6 is 0 Å². The highest BCUT2D eigenvalue weighted by molar-refractivity contribution is 5.40. The van der Waals surface area contributed by atoms with Crippen molar-refractivity contribution in [1.82, 2.24) is 0 Å². The summed E-state index contributed by atoms with van der Waals surface area (Å²) in [6.07, 6.45) is 0.757. The first-order valence-corrected chi connectivity index (χ1v) is 7.13. The third kappa shape index (κ3) is 5.08. The van der Waals surface area contributed by atoms with Crippen LogP contribution in [0.4, 0.5) is 5.69 Å². The molecule has 1 unspecified atom stereocenters. The fourth-order valence-corrected chi connectivity index (χ4v) is 2.01. The molecular formula is C15H23NO5. The average Bonchev–Trinajstić information content (AvgIpc) is 2.51. The third-order valence-electron chi connectivity index (χ3n) is 3.74. The van der Waals surface area contributed by atoms with Crippen molar-refractivity contribution >= 4 is 5.69 Å². The van der Waals surface area contributed by atoms with Gasteiger partial charge in [-0.15, -0.1) is 0 Å². The monoisotopic (exact) mass is 297 g/mol. The molecule has 1 atom stereocenters. The second-order valence-corrected chi connectivity index (χ2v) is 5.14. The van der Waals surface area contributed by atoms with Crippen molar-refractivity contribution in [2.24, 2.45) is 0 Å². The molecule has 1 aromatic rings. The lowest BCUT2D eigenvalue weighted by atomic mass is 9.98. The number of hydrogen-bond donors (Lipinski definition) is 2. The zero-order valence-electron chi connectivity index (χ0n) is 12.5. The Kier molecular flexibility index (Phi) is 6.74. The van der Waals surface area contributed by atoms with E-state index in [-0.39, 0.29) is 25.3 Å². The van der Waals surface area contributed by atoms with Crippen LogP contribution in [0.2, 0.25) is 0 Å².